The largest absolute Gasteiger partial charge is 0.383 e. The predicted molar refractivity (Wildman–Crippen MR) is 136 cm³/mol. The molecule has 4 aromatic rings. The van der Waals surface area contributed by atoms with Crippen LogP contribution in [0.15, 0.2) is 48.8 Å². The maximum Gasteiger partial charge on any atom is 0.323 e. The van der Waals surface area contributed by atoms with Gasteiger partial charge >= 0.3 is 6.03 Å². The second-order valence-electron chi connectivity index (χ2n) is 8.60. The standard InChI is InChI=1S/C25H25FN8O3/c1-15-3-2-4-17(11-15)30-25(36)31-19-6-5-16(12-18(19)26)22-21-23(27)28-14-29-24(21)34(32-22)13-20(35)33-7-9-37-10-8-33/h2-6,11-12,14H,7-10,13H2,1H3,(H2,27,28,29)(H2,30,31,36). The minimum Gasteiger partial charge on any atom is -0.383 e. The van der Waals surface area contributed by atoms with Gasteiger partial charge in [0.1, 0.15) is 30.2 Å². The third-order valence-corrected chi connectivity index (χ3v) is 5.97. The number of carbonyl (C=O) groups is 2. The zero-order valence-electron chi connectivity index (χ0n) is 20.1. The highest BCUT2D eigenvalue weighted by molar-refractivity contribution is 6.01. The van der Waals surface area contributed by atoms with Gasteiger partial charge in [0.2, 0.25) is 5.91 Å². The Bertz CT molecular complexity index is 1480. The smallest absolute Gasteiger partial charge is 0.323 e. The molecule has 3 amide bonds. The Balaban J connectivity index is 1.40. The lowest BCUT2D eigenvalue weighted by Crippen LogP contribution is -2.42. The molecule has 3 heterocycles. The van der Waals surface area contributed by atoms with E-state index in [9.17, 15) is 9.59 Å². The van der Waals surface area contributed by atoms with Crippen LogP contribution in [0.3, 0.4) is 0 Å². The number of carbonyl (C=O) groups excluding carboxylic acids is 2. The van der Waals surface area contributed by atoms with Crippen LogP contribution < -0.4 is 16.4 Å². The number of nitrogens with zero attached hydrogens (tertiary/aromatic N) is 5. The van der Waals surface area contributed by atoms with Crippen LogP contribution in [0.1, 0.15) is 5.56 Å². The molecule has 0 radical (unpaired) electrons. The molecule has 1 fully saturated rings. The first-order valence-corrected chi connectivity index (χ1v) is 11.7. The van der Waals surface area contributed by atoms with E-state index in [-0.39, 0.29) is 24.0 Å². The zero-order chi connectivity index (χ0) is 25.9. The van der Waals surface area contributed by atoms with Gasteiger partial charge in [-0.25, -0.2) is 23.8 Å². The van der Waals surface area contributed by atoms with E-state index in [1.165, 1.54) is 23.1 Å². The Kier molecular flexibility index (Phi) is 6.64. The van der Waals surface area contributed by atoms with E-state index in [1.807, 2.05) is 19.1 Å². The number of hydrogen-bond donors (Lipinski definition) is 3. The molecule has 2 aromatic heterocycles. The number of ether oxygens (including phenoxy) is 1. The molecule has 0 bridgehead atoms. The van der Waals surface area contributed by atoms with Gasteiger partial charge in [0.05, 0.1) is 24.3 Å². The van der Waals surface area contributed by atoms with E-state index in [0.29, 0.717) is 54.3 Å². The zero-order valence-corrected chi connectivity index (χ0v) is 20.1. The number of anilines is 3. The predicted octanol–water partition coefficient (Wildman–Crippen LogP) is 3.03. The molecule has 11 nitrogen and oxygen atoms in total. The third-order valence-electron chi connectivity index (χ3n) is 5.97. The maximum absolute atomic E-state index is 15.0. The molecule has 12 heteroatoms. The summed E-state index contributed by atoms with van der Waals surface area (Å²) in [5.41, 5.74) is 8.78. The molecule has 190 valence electrons. The fourth-order valence-electron chi connectivity index (χ4n) is 4.15. The number of morpholine rings is 1. The number of benzene rings is 2. The molecule has 2 aromatic carbocycles. The van der Waals surface area contributed by atoms with Crippen molar-refractivity contribution in [1.29, 1.82) is 0 Å². The lowest BCUT2D eigenvalue weighted by atomic mass is 10.1. The van der Waals surface area contributed by atoms with Gasteiger partial charge in [0.25, 0.3) is 0 Å². The van der Waals surface area contributed by atoms with Crippen molar-refractivity contribution >= 4 is 40.2 Å². The van der Waals surface area contributed by atoms with Gasteiger partial charge in [-0.1, -0.05) is 18.2 Å². The van der Waals surface area contributed by atoms with E-state index in [2.05, 4.69) is 25.7 Å². The minimum absolute atomic E-state index is 0.00985. The van der Waals surface area contributed by atoms with Crippen molar-refractivity contribution in [2.75, 3.05) is 42.7 Å². The van der Waals surface area contributed by atoms with Crippen molar-refractivity contribution in [3.05, 3.63) is 60.2 Å². The van der Waals surface area contributed by atoms with E-state index in [0.717, 1.165) is 5.56 Å². The van der Waals surface area contributed by atoms with Crippen LogP contribution in [-0.2, 0) is 16.1 Å². The van der Waals surface area contributed by atoms with Gasteiger partial charge in [0.15, 0.2) is 5.65 Å². The summed E-state index contributed by atoms with van der Waals surface area (Å²) < 4.78 is 21.8. The van der Waals surface area contributed by atoms with Crippen LogP contribution in [0, 0.1) is 12.7 Å². The first-order valence-electron chi connectivity index (χ1n) is 11.7. The number of urea groups is 1. The van der Waals surface area contributed by atoms with Crippen LogP contribution in [0.4, 0.5) is 26.4 Å². The molecule has 0 unspecified atom stereocenters. The number of rotatable bonds is 5. The normalized spacial score (nSPS) is 13.5. The molecule has 0 spiro atoms. The number of aryl methyl sites for hydroxylation is 1. The SMILES string of the molecule is Cc1cccc(NC(=O)Nc2ccc(-c3nn(CC(=O)N4CCOCC4)c4ncnc(N)c34)cc2F)c1. The number of nitrogens with two attached hydrogens (primary N) is 1. The van der Waals surface area contributed by atoms with Gasteiger partial charge in [-0.15, -0.1) is 0 Å². The number of hydrogen-bond acceptors (Lipinski definition) is 7. The molecule has 0 aliphatic carbocycles. The van der Waals surface area contributed by atoms with Crippen molar-refractivity contribution in [3.8, 4) is 11.3 Å². The maximum atomic E-state index is 15.0. The molecule has 1 aliphatic heterocycles. The van der Waals surface area contributed by atoms with Crippen molar-refractivity contribution < 1.29 is 18.7 Å². The van der Waals surface area contributed by atoms with E-state index < -0.39 is 11.8 Å². The van der Waals surface area contributed by atoms with Gasteiger partial charge in [-0.3, -0.25) is 4.79 Å². The van der Waals surface area contributed by atoms with E-state index >= 15 is 4.39 Å². The molecule has 5 rings (SSSR count). The summed E-state index contributed by atoms with van der Waals surface area (Å²) in [4.78, 5) is 35.2. The molecular formula is C25H25FN8O3. The Morgan fingerprint density at radius 2 is 1.92 bits per heavy atom. The van der Waals surface area contributed by atoms with Gasteiger partial charge < -0.3 is 26.0 Å². The lowest BCUT2D eigenvalue weighted by molar-refractivity contribution is -0.136. The van der Waals surface area contributed by atoms with Crippen molar-refractivity contribution in [3.63, 3.8) is 0 Å². The van der Waals surface area contributed by atoms with Gasteiger partial charge in [0, 0.05) is 24.3 Å². The average Bonchev–Trinajstić information content (AvgIpc) is 3.25. The third kappa shape index (κ3) is 5.19. The Hall–Kier alpha value is -4.58. The van der Waals surface area contributed by atoms with Gasteiger partial charge in [-0.05, 0) is 36.8 Å². The highest BCUT2D eigenvalue weighted by Crippen LogP contribution is 2.32. The lowest BCUT2D eigenvalue weighted by Gasteiger charge is -2.26. The second-order valence-corrected chi connectivity index (χ2v) is 8.60. The van der Waals surface area contributed by atoms with Crippen LogP contribution >= 0.6 is 0 Å². The first kappa shape index (κ1) is 24.1. The van der Waals surface area contributed by atoms with Crippen molar-refractivity contribution in [2.45, 2.75) is 13.5 Å². The van der Waals surface area contributed by atoms with Gasteiger partial charge in [-0.2, -0.15) is 5.10 Å². The van der Waals surface area contributed by atoms with Crippen molar-refractivity contribution in [1.82, 2.24) is 24.6 Å². The molecular weight excluding hydrogens is 479 g/mol. The Morgan fingerprint density at radius 1 is 1.11 bits per heavy atom. The number of fused-ring (bicyclic) bond motifs is 1. The van der Waals surface area contributed by atoms with Crippen LogP contribution in [0.2, 0.25) is 0 Å². The number of nitrogen functional groups attached to an aromatic ring is 1. The summed E-state index contributed by atoms with van der Waals surface area (Å²) in [7, 11) is 0. The van der Waals surface area contributed by atoms with Crippen LogP contribution in [0.25, 0.3) is 22.3 Å². The first-order chi connectivity index (χ1) is 17.9. The summed E-state index contributed by atoms with van der Waals surface area (Å²) in [6, 6.07) is 11.0. The van der Waals surface area contributed by atoms with Crippen LogP contribution in [-0.4, -0.2) is 62.9 Å². The fourth-order valence-corrected chi connectivity index (χ4v) is 4.15. The summed E-state index contributed by atoms with van der Waals surface area (Å²) in [5.74, 6) is -0.647. The average molecular weight is 505 g/mol. The number of amides is 3. The number of halogens is 1. The minimum atomic E-state index is -0.667. The molecule has 4 N–H and O–H groups in total. The summed E-state index contributed by atoms with van der Waals surface area (Å²) in [5, 5.41) is 10.1. The molecule has 0 atom stereocenters. The quantitative estimate of drug-likeness (QED) is 0.379. The number of nitrogens with one attached hydrogen (secondary N) is 2. The summed E-state index contributed by atoms with van der Waals surface area (Å²) in [6.45, 7) is 3.80. The molecule has 1 saturated heterocycles. The Labute approximate surface area is 211 Å². The topological polar surface area (TPSA) is 140 Å². The molecule has 37 heavy (non-hydrogen) atoms. The fraction of sp³-hybridized carbons (Fsp3) is 0.240. The monoisotopic (exact) mass is 504 g/mol. The van der Waals surface area contributed by atoms with Crippen molar-refractivity contribution in [2.24, 2.45) is 0 Å². The molecule has 0 saturated carbocycles. The number of aromatic nitrogens is 4. The second kappa shape index (κ2) is 10.2. The Morgan fingerprint density at radius 3 is 2.68 bits per heavy atom. The molecule has 1 aliphatic rings. The van der Waals surface area contributed by atoms with E-state index in [1.54, 1.807) is 23.1 Å². The van der Waals surface area contributed by atoms with Crippen LogP contribution in [0.5, 0.6) is 0 Å². The summed E-state index contributed by atoms with van der Waals surface area (Å²) in [6.07, 6.45) is 1.29. The van der Waals surface area contributed by atoms with E-state index in [4.69, 9.17) is 10.5 Å². The highest BCUT2D eigenvalue weighted by Gasteiger charge is 2.23. The summed E-state index contributed by atoms with van der Waals surface area (Å²) >= 11 is 0. The highest BCUT2D eigenvalue weighted by atomic mass is 19.1.